The van der Waals surface area contributed by atoms with Gasteiger partial charge in [-0.2, -0.15) is 0 Å². The van der Waals surface area contributed by atoms with Crippen LogP contribution in [0.2, 0.25) is 0 Å². The molecule has 0 N–H and O–H groups in total. The van der Waals surface area contributed by atoms with Crippen LogP contribution < -0.4 is 0 Å². The summed E-state index contributed by atoms with van der Waals surface area (Å²) in [5.74, 6) is -0.261. The minimum atomic E-state index is -0.261. The summed E-state index contributed by atoms with van der Waals surface area (Å²) in [6.45, 7) is 0. The Bertz CT molecular complexity index is 388. The van der Waals surface area contributed by atoms with Gasteiger partial charge in [-0.3, -0.25) is 4.79 Å². The number of benzene rings is 1. The summed E-state index contributed by atoms with van der Waals surface area (Å²) < 4.78 is 5.56. The summed E-state index contributed by atoms with van der Waals surface area (Å²) in [5, 5.41) is 0. The lowest BCUT2D eigenvalue weighted by molar-refractivity contribution is -0.139. The highest BCUT2D eigenvalue weighted by molar-refractivity contribution is 9.10. The molecular weight excluding hydrogens is 272 g/mol. The molecule has 0 radical (unpaired) electrons. The third kappa shape index (κ3) is 3.77. The van der Waals surface area contributed by atoms with Crippen LogP contribution in [0.1, 0.15) is 17.5 Å². The van der Waals surface area contributed by atoms with E-state index in [1.807, 2.05) is 18.2 Å². The van der Waals surface area contributed by atoms with Crippen molar-refractivity contribution < 1.29 is 14.3 Å². The summed E-state index contributed by atoms with van der Waals surface area (Å²) in [5.41, 5.74) is 1.93. The number of hydrogen-bond acceptors (Lipinski definition) is 3. The van der Waals surface area contributed by atoms with Crippen molar-refractivity contribution in [2.45, 2.75) is 19.3 Å². The van der Waals surface area contributed by atoms with Gasteiger partial charge >= 0.3 is 5.97 Å². The molecule has 0 fully saturated rings. The van der Waals surface area contributed by atoms with Crippen molar-refractivity contribution in [1.82, 2.24) is 0 Å². The van der Waals surface area contributed by atoms with Gasteiger partial charge in [0.2, 0.25) is 0 Å². The van der Waals surface area contributed by atoms with Crippen LogP contribution in [0.15, 0.2) is 22.7 Å². The van der Waals surface area contributed by atoms with E-state index in [0.717, 1.165) is 21.9 Å². The lowest BCUT2D eigenvalue weighted by Gasteiger charge is -2.06. The minimum Gasteiger partial charge on any atom is -0.469 e. The summed E-state index contributed by atoms with van der Waals surface area (Å²) in [4.78, 5) is 21.4. The Balaban J connectivity index is 2.80. The number of methoxy groups -OCH3 is 1. The van der Waals surface area contributed by atoms with Crippen LogP contribution in [0.5, 0.6) is 0 Å². The molecule has 0 unspecified atom stereocenters. The largest absolute Gasteiger partial charge is 0.469 e. The van der Waals surface area contributed by atoms with E-state index >= 15 is 0 Å². The maximum absolute atomic E-state index is 11.1. The average Bonchev–Trinajstić information content (AvgIpc) is 2.29. The van der Waals surface area contributed by atoms with Crippen molar-refractivity contribution in [1.29, 1.82) is 0 Å². The van der Waals surface area contributed by atoms with Gasteiger partial charge < -0.3 is 9.53 Å². The number of carbonyl (C=O) groups excluding carboxylic acids is 2. The molecule has 86 valence electrons. The molecule has 16 heavy (non-hydrogen) atoms. The van der Waals surface area contributed by atoms with Crippen molar-refractivity contribution in [2.24, 2.45) is 0 Å². The Morgan fingerprint density at radius 2 is 2.25 bits per heavy atom. The van der Waals surface area contributed by atoms with Gasteiger partial charge in [0, 0.05) is 10.9 Å². The Labute approximate surface area is 103 Å². The Kier molecular flexibility index (Phi) is 5.19. The number of aldehydes is 1. The molecule has 0 aliphatic rings. The molecule has 0 bridgehead atoms. The van der Waals surface area contributed by atoms with Crippen LogP contribution in [-0.4, -0.2) is 19.4 Å². The van der Waals surface area contributed by atoms with E-state index < -0.39 is 0 Å². The Morgan fingerprint density at radius 1 is 1.50 bits per heavy atom. The first-order valence-corrected chi connectivity index (χ1v) is 5.74. The summed E-state index contributed by atoms with van der Waals surface area (Å²) >= 11 is 3.41. The van der Waals surface area contributed by atoms with E-state index in [1.54, 1.807) is 0 Å². The molecule has 0 saturated heterocycles. The van der Waals surface area contributed by atoms with Crippen molar-refractivity contribution in [3.63, 3.8) is 0 Å². The van der Waals surface area contributed by atoms with Gasteiger partial charge in [0.1, 0.15) is 6.29 Å². The highest BCUT2D eigenvalue weighted by Crippen LogP contribution is 2.20. The molecular formula is C12H13BrO3. The quantitative estimate of drug-likeness (QED) is 0.616. The third-order valence-electron chi connectivity index (χ3n) is 2.22. The molecule has 0 aromatic heterocycles. The summed E-state index contributed by atoms with van der Waals surface area (Å²) in [6, 6.07) is 5.67. The van der Waals surface area contributed by atoms with E-state index in [-0.39, 0.29) is 12.4 Å². The average molecular weight is 285 g/mol. The van der Waals surface area contributed by atoms with E-state index in [9.17, 15) is 9.59 Å². The zero-order valence-corrected chi connectivity index (χ0v) is 10.6. The van der Waals surface area contributed by atoms with Crippen molar-refractivity contribution in [2.75, 3.05) is 7.11 Å². The first kappa shape index (κ1) is 12.9. The SMILES string of the molecule is COC(=O)Cc1ccc(Br)c(CCC=O)c1. The van der Waals surface area contributed by atoms with Crippen LogP contribution in [0.3, 0.4) is 0 Å². The van der Waals surface area contributed by atoms with E-state index in [4.69, 9.17) is 0 Å². The van der Waals surface area contributed by atoms with E-state index in [1.165, 1.54) is 7.11 Å². The van der Waals surface area contributed by atoms with Crippen LogP contribution in [0, 0.1) is 0 Å². The molecule has 1 aromatic carbocycles. The number of esters is 1. The predicted octanol–water partition coefficient (Wildman–Crippen LogP) is 2.30. The second-order valence-corrected chi connectivity index (χ2v) is 4.24. The smallest absolute Gasteiger partial charge is 0.309 e. The molecule has 3 nitrogen and oxygen atoms in total. The van der Waals surface area contributed by atoms with Gasteiger partial charge in [-0.25, -0.2) is 0 Å². The molecule has 0 aliphatic heterocycles. The highest BCUT2D eigenvalue weighted by atomic mass is 79.9. The molecule has 0 aliphatic carbocycles. The molecule has 0 atom stereocenters. The first-order valence-electron chi connectivity index (χ1n) is 4.95. The Morgan fingerprint density at radius 3 is 2.88 bits per heavy atom. The number of rotatable bonds is 5. The van der Waals surface area contributed by atoms with Gasteiger partial charge in [0.05, 0.1) is 13.5 Å². The number of carbonyl (C=O) groups is 2. The molecule has 1 rings (SSSR count). The second kappa shape index (κ2) is 6.43. The van der Waals surface area contributed by atoms with Crippen LogP contribution in [-0.2, 0) is 27.2 Å². The monoisotopic (exact) mass is 284 g/mol. The van der Waals surface area contributed by atoms with Gasteiger partial charge in [-0.05, 0) is 23.6 Å². The van der Waals surface area contributed by atoms with Crippen LogP contribution in [0.4, 0.5) is 0 Å². The highest BCUT2D eigenvalue weighted by Gasteiger charge is 2.06. The standard InChI is InChI=1S/C12H13BrO3/c1-16-12(15)8-9-4-5-11(13)10(7-9)3-2-6-14/h4-7H,2-3,8H2,1H3. The third-order valence-corrected chi connectivity index (χ3v) is 2.99. The van der Waals surface area contributed by atoms with Crippen molar-refractivity contribution >= 4 is 28.2 Å². The Hall–Kier alpha value is -1.16. The molecule has 0 spiro atoms. The van der Waals surface area contributed by atoms with Gasteiger partial charge in [-0.1, -0.05) is 28.1 Å². The molecule has 1 aromatic rings. The summed E-state index contributed by atoms with van der Waals surface area (Å²) in [6.07, 6.45) is 2.32. The van der Waals surface area contributed by atoms with Crippen molar-refractivity contribution in [3.8, 4) is 0 Å². The fourth-order valence-corrected chi connectivity index (χ4v) is 1.83. The molecule has 0 amide bonds. The minimum absolute atomic E-state index is 0.261. The number of ether oxygens (including phenoxy) is 1. The molecule has 0 saturated carbocycles. The number of hydrogen-bond donors (Lipinski definition) is 0. The summed E-state index contributed by atoms with van der Waals surface area (Å²) in [7, 11) is 1.37. The normalized spacial score (nSPS) is 9.88. The maximum Gasteiger partial charge on any atom is 0.309 e. The maximum atomic E-state index is 11.1. The van der Waals surface area contributed by atoms with Gasteiger partial charge in [-0.15, -0.1) is 0 Å². The fraction of sp³-hybridized carbons (Fsp3) is 0.333. The van der Waals surface area contributed by atoms with Crippen LogP contribution >= 0.6 is 15.9 Å². The zero-order chi connectivity index (χ0) is 12.0. The fourth-order valence-electron chi connectivity index (χ4n) is 1.38. The lowest BCUT2D eigenvalue weighted by Crippen LogP contribution is -2.05. The first-order chi connectivity index (χ1) is 7.67. The van der Waals surface area contributed by atoms with Crippen molar-refractivity contribution in [3.05, 3.63) is 33.8 Å². The van der Waals surface area contributed by atoms with Crippen LogP contribution in [0.25, 0.3) is 0 Å². The van der Waals surface area contributed by atoms with Gasteiger partial charge in [0.25, 0.3) is 0 Å². The van der Waals surface area contributed by atoms with E-state index in [2.05, 4.69) is 20.7 Å². The topological polar surface area (TPSA) is 43.4 Å². The second-order valence-electron chi connectivity index (χ2n) is 3.38. The lowest BCUT2D eigenvalue weighted by atomic mass is 10.0. The van der Waals surface area contributed by atoms with Gasteiger partial charge in [0.15, 0.2) is 0 Å². The van der Waals surface area contributed by atoms with E-state index in [0.29, 0.717) is 12.8 Å². The predicted molar refractivity (Wildman–Crippen MR) is 64.2 cm³/mol. The molecule has 0 heterocycles. The molecule has 4 heteroatoms. The number of halogens is 1. The number of aryl methyl sites for hydroxylation is 1. The zero-order valence-electron chi connectivity index (χ0n) is 9.03.